The highest BCUT2D eigenvalue weighted by molar-refractivity contribution is 5.92. The normalized spacial score (nSPS) is 16.5. The van der Waals surface area contributed by atoms with E-state index in [1.165, 1.54) is 6.07 Å². The number of nitrogens with one attached hydrogen (secondary N) is 2. The lowest BCUT2D eigenvalue weighted by molar-refractivity contribution is 0.0787. The highest BCUT2D eigenvalue weighted by Gasteiger charge is 2.20. The zero-order chi connectivity index (χ0) is 9.26. The van der Waals surface area contributed by atoms with E-state index in [9.17, 15) is 9.59 Å². The highest BCUT2D eigenvalue weighted by Crippen LogP contribution is 2.09. The van der Waals surface area contributed by atoms with Gasteiger partial charge in [-0.1, -0.05) is 0 Å². The Morgan fingerprint density at radius 2 is 2.00 bits per heavy atom. The Balaban J connectivity index is 2.16. The molecule has 1 fully saturated rings. The van der Waals surface area contributed by atoms with Gasteiger partial charge in [0.1, 0.15) is 5.69 Å². The number of nitrogens with zero attached hydrogens (tertiary/aromatic N) is 1. The van der Waals surface area contributed by atoms with E-state index in [0.717, 1.165) is 25.9 Å². The maximum Gasteiger partial charge on any atom is 0.271 e. The second-order valence-corrected chi connectivity index (χ2v) is 3.17. The summed E-state index contributed by atoms with van der Waals surface area (Å²) in [5, 5.41) is 4.90. The fourth-order valence-corrected chi connectivity index (χ4v) is 1.54. The lowest BCUT2D eigenvalue weighted by Gasteiger charge is -2.12. The molecular formula is C8H11N3O2. The molecule has 1 amide bonds. The van der Waals surface area contributed by atoms with E-state index in [0.29, 0.717) is 5.69 Å². The van der Waals surface area contributed by atoms with Crippen LogP contribution in [0, 0.1) is 0 Å². The number of carbonyl (C=O) groups excluding carboxylic acids is 1. The van der Waals surface area contributed by atoms with Crippen molar-refractivity contribution in [2.45, 2.75) is 12.8 Å². The number of H-pyrrole nitrogens is 2. The van der Waals surface area contributed by atoms with E-state index < -0.39 is 0 Å². The number of aromatic nitrogens is 2. The van der Waals surface area contributed by atoms with Gasteiger partial charge >= 0.3 is 0 Å². The number of hydrogen-bond acceptors (Lipinski definition) is 2. The van der Waals surface area contributed by atoms with Gasteiger partial charge in [0.05, 0.1) is 0 Å². The molecule has 2 heterocycles. The van der Waals surface area contributed by atoms with Crippen LogP contribution in [-0.2, 0) is 0 Å². The van der Waals surface area contributed by atoms with Gasteiger partial charge in [-0.3, -0.25) is 19.8 Å². The second-order valence-electron chi connectivity index (χ2n) is 3.17. The van der Waals surface area contributed by atoms with Crippen LogP contribution in [0.4, 0.5) is 0 Å². The topological polar surface area (TPSA) is 69.0 Å². The highest BCUT2D eigenvalue weighted by atomic mass is 16.2. The Kier molecular flexibility index (Phi) is 1.92. The van der Waals surface area contributed by atoms with Crippen molar-refractivity contribution in [1.29, 1.82) is 0 Å². The summed E-state index contributed by atoms with van der Waals surface area (Å²) < 4.78 is 0. The number of amides is 1. The van der Waals surface area contributed by atoms with Crippen molar-refractivity contribution in [3.05, 3.63) is 22.1 Å². The molecular weight excluding hydrogens is 170 g/mol. The van der Waals surface area contributed by atoms with Gasteiger partial charge in [-0.25, -0.2) is 0 Å². The molecule has 13 heavy (non-hydrogen) atoms. The van der Waals surface area contributed by atoms with Crippen LogP contribution >= 0.6 is 0 Å². The monoisotopic (exact) mass is 181 g/mol. The van der Waals surface area contributed by atoms with Crippen LogP contribution in [0.5, 0.6) is 0 Å². The van der Waals surface area contributed by atoms with Crippen LogP contribution in [0.3, 0.4) is 0 Å². The summed E-state index contributed by atoms with van der Waals surface area (Å²) >= 11 is 0. The SMILES string of the molecule is O=C(c1cc(=O)[nH][nH]1)N1CCCC1. The Labute approximate surface area is 74.7 Å². The van der Waals surface area contributed by atoms with Gasteiger partial charge in [0.2, 0.25) is 0 Å². The summed E-state index contributed by atoms with van der Waals surface area (Å²) in [6, 6.07) is 1.29. The molecule has 2 rings (SSSR count). The minimum Gasteiger partial charge on any atom is -0.337 e. The summed E-state index contributed by atoms with van der Waals surface area (Å²) in [5.41, 5.74) is 0.0921. The minimum absolute atomic E-state index is 0.0872. The van der Waals surface area contributed by atoms with E-state index in [1.54, 1.807) is 4.90 Å². The Morgan fingerprint density at radius 1 is 1.31 bits per heavy atom. The summed E-state index contributed by atoms with van der Waals surface area (Å²) in [6.45, 7) is 1.60. The van der Waals surface area contributed by atoms with Crippen molar-refractivity contribution < 1.29 is 4.79 Å². The first-order valence-electron chi connectivity index (χ1n) is 4.34. The van der Waals surface area contributed by atoms with Crippen molar-refractivity contribution in [1.82, 2.24) is 15.1 Å². The number of aromatic amines is 2. The maximum atomic E-state index is 11.6. The van der Waals surface area contributed by atoms with Crippen molar-refractivity contribution in [2.75, 3.05) is 13.1 Å². The van der Waals surface area contributed by atoms with Gasteiger partial charge in [-0.2, -0.15) is 0 Å². The van der Waals surface area contributed by atoms with Crippen LogP contribution in [-0.4, -0.2) is 34.1 Å². The molecule has 1 aromatic rings. The largest absolute Gasteiger partial charge is 0.337 e. The molecule has 0 radical (unpaired) electrons. The predicted molar refractivity (Wildman–Crippen MR) is 46.6 cm³/mol. The van der Waals surface area contributed by atoms with Crippen LogP contribution in [0.15, 0.2) is 10.9 Å². The summed E-state index contributed by atoms with van der Waals surface area (Å²) in [4.78, 5) is 24.1. The Hall–Kier alpha value is -1.52. The lowest BCUT2D eigenvalue weighted by atomic mass is 10.4. The van der Waals surface area contributed by atoms with Gasteiger partial charge in [-0.05, 0) is 12.8 Å². The van der Waals surface area contributed by atoms with Crippen molar-refractivity contribution in [3.63, 3.8) is 0 Å². The van der Waals surface area contributed by atoms with E-state index in [2.05, 4.69) is 10.2 Å². The summed E-state index contributed by atoms with van der Waals surface area (Å²) in [5.74, 6) is -0.0872. The zero-order valence-electron chi connectivity index (χ0n) is 7.17. The molecule has 1 aliphatic heterocycles. The minimum atomic E-state index is -0.262. The maximum absolute atomic E-state index is 11.6. The standard InChI is InChI=1S/C8H11N3O2/c12-7-5-6(9-10-7)8(13)11-3-1-2-4-11/h5H,1-4H2,(H2,9,10,12). The van der Waals surface area contributed by atoms with Gasteiger partial charge in [0, 0.05) is 19.2 Å². The molecule has 0 aliphatic carbocycles. The third-order valence-corrected chi connectivity index (χ3v) is 2.22. The van der Waals surface area contributed by atoms with Crippen LogP contribution in [0.1, 0.15) is 23.3 Å². The van der Waals surface area contributed by atoms with E-state index in [-0.39, 0.29) is 11.5 Å². The molecule has 5 heteroatoms. The molecule has 0 atom stereocenters. The van der Waals surface area contributed by atoms with Crippen molar-refractivity contribution >= 4 is 5.91 Å². The summed E-state index contributed by atoms with van der Waals surface area (Å²) in [7, 11) is 0. The molecule has 2 N–H and O–H groups in total. The van der Waals surface area contributed by atoms with E-state index in [1.807, 2.05) is 0 Å². The first-order valence-corrected chi connectivity index (χ1v) is 4.34. The number of hydrogen-bond donors (Lipinski definition) is 2. The van der Waals surface area contributed by atoms with Gasteiger partial charge in [0.25, 0.3) is 11.5 Å². The predicted octanol–water partition coefficient (Wildman–Crippen LogP) is -0.0610. The zero-order valence-corrected chi connectivity index (χ0v) is 7.17. The van der Waals surface area contributed by atoms with Crippen LogP contribution < -0.4 is 5.56 Å². The lowest BCUT2D eigenvalue weighted by Crippen LogP contribution is -2.27. The smallest absolute Gasteiger partial charge is 0.271 e. The molecule has 0 spiro atoms. The average Bonchev–Trinajstić information content (AvgIpc) is 2.72. The van der Waals surface area contributed by atoms with E-state index >= 15 is 0 Å². The van der Waals surface area contributed by atoms with Gasteiger partial charge in [0.15, 0.2) is 0 Å². The Bertz CT molecular complexity index is 359. The first kappa shape index (κ1) is 8.10. The molecule has 70 valence electrons. The number of likely N-dealkylation sites (tertiary alicyclic amines) is 1. The molecule has 0 bridgehead atoms. The molecule has 0 unspecified atom stereocenters. The molecule has 1 saturated heterocycles. The van der Waals surface area contributed by atoms with Crippen molar-refractivity contribution in [3.8, 4) is 0 Å². The van der Waals surface area contributed by atoms with Crippen LogP contribution in [0.25, 0.3) is 0 Å². The third-order valence-electron chi connectivity index (χ3n) is 2.22. The average molecular weight is 181 g/mol. The van der Waals surface area contributed by atoms with Gasteiger partial charge < -0.3 is 4.90 Å². The van der Waals surface area contributed by atoms with E-state index in [4.69, 9.17) is 0 Å². The molecule has 1 aliphatic rings. The second kappa shape index (κ2) is 3.08. The number of rotatable bonds is 1. The van der Waals surface area contributed by atoms with Crippen LogP contribution in [0.2, 0.25) is 0 Å². The fraction of sp³-hybridized carbons (Fsp3) is 0.500. The summed E-state index contributed by atoms with van der Waals surface area (Å²) in [6.07, 6.45) is 2.11. The third kappa shape index (κ3) is 1.49. The molecule has 5 nitrogen and oxygen atoms in total. The number of carbonyl (C=O) groups is 1. The molecule has 0 aromatic carbocycles. The van der Waals surface area contributed by atoms with Crippen molar-refractivity contribution in [2.24, 2.45) is 0 Å². The molecule has 1 aromatic heterocycles. The van der Waals surface area contributed by atoms with Gasteiger partial charge in [-0.15, -0.1) is 0 Å². The quantitative estimate of drug-likeness (QED) is 0.637. The Morgan fingerprint density at radius 3 is 2.54 bits per heavy atom. The fourth-order valence-electron chi connectivity index (χ4n) is 1.54. The molecule has 0 saturated carbocycles. The first-order chi connectivity index (χ1) is 6.27.